The van der Waals surface area contributed by atoms with Crippen LogP contribution in [0.5, 0.6) is 0 Å². The summed E-state index contributed by atoms with van der Waals surface area (Å²) < 4.78 is 54.5. The molecule has 3 aromatic rings. The number of fused-ring (bicyclic) bond motifs is 6. The Morgan fingerprint density at radius 3 is 1.88 bits per heavy atom. The van der Waals surface area contributed by atoms with Crippen molar-refractivity contribution in [2.45, 2.75) is 238 Å². The largest absolute Gasteiger partial charge is 0.462 e. The van der Waals surface area contributed by atoms with Crippen molar-refractivity contribution in [3.8, 4) is 11.3 Å². The molecule has 1 aliphatic heterocycles. The molecule has 14 atom stereocenters. The van der Waals surface area contributed by atoms with E-state index >= 15 is 0 Å². The van der Waals surface area contributed by atoms with Gasteiger partial charge in [0.15, 0.2) is 17.9 Å². The summed E-state index contributed by atoms with van der Waals surface area (Å²) in [4.78, 5) is 101. The summed E-state index contributed by atoms with van der Waals surface area (Å²) in [6, 6.07) is 6.31. The number of nitrogens with zero attached hydrogens (tertiary/aromatic N) is 5. The number of aliphatic hydroxyl groups is 4. The summed E-state index contributed by atoms with van der Waals surface area (Å²) in [7, 11) is 0. The summed E-state index contributed by atoms with van der Waals surface area (Å²) in [5, 5.41) is 54.8. The van der Waals surface area contributed by atoms with Gasteiger partial charge in [-0.2, -0.15) is 5.10 Å². The third kappa shape index (κ3) is 23.0. The Labute approximate surface area is 648 Å². The van der Waals surface area contributed by atoms with Crippen LogP contribution in [-0.4, -0.2) is 240 Å². The Balaban J connectivity index is 0.536. The molecule has 3 heterocycles. The lowest BCUT2D eigenvalue weighted by atomic mass is 9.44. The second kappa shape index (κ2) is 40.1. The van der Waals surface area contributed by atoms with Crippen molar-refractivity contribution in [1.29, 1.82) is 0 Å². The van der Waals surface area contributed by atoms with Crippen LogP contribution in [0.25, 0.3) is 16.9 Å². The molecule has 9 rings (SSSR count). The highest BCUT2D eigenvalue weighted by molar-refractivity contribution is 5.94. The SMILES string of the molecule is CC(C)CCC[C@@H](C)[C@H]1CC[C@H]2[C@@H]3CC[C@@H]4C[C@@H](OC(=O)C[C@H](NC(=O)CCOCCOCCOCCOCCOCCOCCNC(=O)[C@@H](O)[C@H](O)[C@H](O)[C@@H](O)C(=O)NC5CCC(C(=O)N6CCN(C(=O)c7cn8nc(-c9ccc(F)cc9)cc(C(C)(C)C)c8n7)C(C)(C)C6)CC5)C(N)=O)CC[C@]4(C)C3CC[C@]12C. The number of amides is 6. The molecule has 6 amide bonds. The van der Waals surface area contributed by atoms with Gasteiger partial charge in [0, 0.05) is 55.7 Å². The predicted molar refractivity (Wildman–Crippen MR) is 408 cm³/mol. The van der Waals surface area contributed by atoms with Crippen LogP contribution in [0.2, 0.25) is 0 Å². The monoisotopic (exact) mass is 1550 g/mol. The highest BCUT2D eigenvalue weighted by atomic mass is 19.1. The molecule has 616 valence electrons. The maximum absolute atomic E-state index is 14.2. The van der Waals surface area contributed by atoms with Crippen LogP contribution in [0.15, 0.2) is 36.5 Å². The highest BCUT2D eigenvalue weighted by Crippen LogP contribution is 2.68. The van der Waals surface area contributed by atoms with Crippen molar-refractivity contribution in [1.82, 2.24) is 40.3 Å². The van der Waals surface area contributed by atoms with E-state index in [1.807, 2.05) is 40.7 Å². The van der Waals surface area contributed by atoms with Crippen molar-refractivity contribution in [2.75, 3.05) is 105 Å². The number of imidazole rings is 1. The number of primary amides is 1. The molecule has 110 heavy (non-hydrogen) atoms. The minimum Gasteiger partial charge on any atom is -0.462 e. The van der Waals surface area contributed by atoms with Crippen molar-refractivity contribution in [3.63, 3.8) is 0 Å². The first-order valence-electron chi connectivity index (χ1n) is 40.6. The molecule has 2 aromatic heterocycles. The number of aromatic nitrogens is 3. The molecule has 1 aromatic carbocycles. The number of ether oxygens (including phenoxy) is 7. The quantitative estimate of drug-likeness (QED) is 0.0209. The van der Waals surface area contributed by atoms with E-state index in [0.717, 1.165) is 60.3 Å². The predicted octanol–water partition coefficient (Wildman–Crippen LogP) is 7.01. The lowest BCUT2D eigenvalue weighted by Crippen LogP contribution is -2.62. The van der Waals surface area contributed by atoms with Gasteiger partial charge in [-0.15, -0.1) is 0 Å². The average molecular weight is 1550 g/mol. The first-order chi connectivity index (χ1) is 52.3. The Hall–Kier alpha value is -6.34. The number of halogens is 1. The van der Waals surface area contributed by atoms with Gasteiger partial charge >= 0.3 is 5.97 Å². The molecule has 9 N–H and O–H groups in total. The van der Waals surface area contributed by atoms with Crippen LogP contribution < -0.4 is 21.7 Å². The first kappa shape index (κ1) is 87.6. The van der Waals surface area contributed by atoms with Gasteiger partial charge in [-0.05, 0) is 185 Å². The maximum Gasteiger partial charge on any atom is 0.308 e. The fraction of sp³-hybridized carbons (Fsp3) is 0.768. The Bertz CT molecular complexity index is 3510. The molecule has 0 radical (unpaired) electrons. The highest BCUT2D eigenvalue weighted by Gasteiger charge is 2.61. The van der Waals surface area contributed by atoms with Gasteiger partial charge in [-0.3, -0.25) is 33.6 Å². The summed E-state index contributed by atoms with van der Waals surface area (Å²) in [6.45, 7) is 25.9. The van der Waals surface area contributed by atoms with Crippen molar-refractivity contribution < 1.29 is 91.5 Å². The first-order valence-corrected chi connectivity index (χ1v) is 40.6. The third-order valence-electron chi connectivity index (χ3n) is 25.1. The Kier molecular flexibility index (Phi) is 31.9. The molecule has 6 aliphatic rings. The van der Waals surface area contributed by atoms with Crippen LogP contribution in [0.4, 0.5) is 4.39 Å². The minimum absolute atomic E-state index is 0.0196. The van der Waals surface area contributed by atoms with Crippen molar-refractivity contribution in [3.05, 3.63) is 53.6 Å². The zero-order valence-electron chi connectivity index (χ0n) is 66.9. The fourth-order valence-corrected chi connectivity index (χ4v) is 18.9. The molecule has 0 bridgehead atoms. The van der Waals surface area contributed by atoms with Gasteiger partial charge in [0.2, 0.25) is 17.7 Å². The van der Waals surface area contributed by atoms with Crippen molar-refractivity contribution >= 4 is 47.1 Å². The van der Waals surface area contributed by atoms with Gasteiger partial charge in [0.25, 0.3) is 17.7 Å². The van der Waals surface area contributed by atoms with Crippen LogP contribution in [0.3, 0.4) is 0 Å². The van der Waals surface area contributed by atoms with Gasteiger partial charge in [0.05, 0.1) is 103 Å². The Morgan fingerprint density at radius 1 is 0.691 bits per heavy atom. The number of nitrogens with two attached hydrogens (primary N) is 1. The van der Waals surface area contributed by atoms with E-state index in [4.69, 9.17) is 49.0 Å². The average Bonchev–Trinajstić information content (AvgIpc) is 1.42. The molecule has 5 saturated carbocycles. The Morgan fingerprint density at radius 2 is 1.28 bits per heavy atom. The number of esters is 1. The normalized spacial score (nSPS) is 26.3. The number of nitrogens with one attached hydrogen (secondary N) is 3. The van der Waals surface area contributed by atoms with E-state index in [0.29, 0.717) is 93.5 Å². The second-order valence-corrected chi connectivity index (χ2v) is 34.6. The molecule has 1 unspecified atom stereocenters. The summed E-state index contributed by atoms with van der Waals surface area (Å²) in [5.41, 5.74) is 8.12. The van der Waals surface area contributed by atoms with Crippen molar-refractivity contribution in [2.24, 2.45) is 63.9 Å². The standard InChI is InChI=1S/C82H128FN9O18/c1-51(2)12-11-13-52(3)60-24-25-61-59-23-18-55-46-58(26-29-81(55,9)62(59)27-30-82(60,61)10)110-68(94)48-65(73(84)99)87-67(93)28-34-104-36-38-106-40-42-108-44-45-109-43-41-107-39-37-105-35-31-85-75(100)71(97)69(95)70(96)72(98)76(101)86-57-21-16-54(17-22-57)77(102)90-32-33-91(80(7,8)50-90)78(103)66-49-92-74(88-66)63(79(4,5)6)47-64(89-92)53-14-19-56(83)20-15-53/h14-15,19-20,47,49,51-52,54-55,57-62,65,69-72,95-98H,11-13,16-18,21-46,48,50H2,1-10H3,(H2,84,99)(H,85,100)(H,86,101)(H,87,93)/t52-,54?,55-,57?,58+,59+,60-,61+,62?,65+,69-,70+,71+,72-,81+,82-/m1/s1. The molecular formula is C82H128FN9O18. The molecule has 5 aliphatic carbocycles. The maximum atomic E-state index is 14.2. The number of benzene rings is 1. The molecule has 1 saturated heterocycles. The molecular weight excluding hydrogens is 1420 g/mol. The van der Waals surface area contributed by atoms with E-state index in [2.05, 4.69) is 50.6 Å². The number of rotatable bonds is 40. The summed E-state index contributed by atoms with van der Waals surface area (Å²) >= 11 is 0. The minimum atomic E-state index is -2.22. The third-order valence-corrected chi connectivity index (χ3v) is 25.1. The van der Waals surface area contributed by atoms with Crippen LogP contribution in [0.1, 0.15) is 201 Å². The van der Waals surface area contributed by atoms with E-state index in [1.54, 1.807) is 32.6 Å². The molecule has 6 fully saturated rings. The summed E-state index contributed by atoms with van der Waals surface area (Å²) in [6.07, 6.45) is 8.34. The number of aliphatic hydroxyl groups excluding tert-OH is 4. The zero-order valence-corrected chi connectivity index (χ0v) is 66.9. The van der Waals surface area contributed by atoms with Crippen LogP contribution in [0, 0.1) is 64.0 Å². The topological polar surface area (TPSA) is 364 Å². The number of carbonyl (C=O) groups excluding carboxylic acids is 7. The lowest BCUT2D eigenvalue weighted by molar-refractivity contribution is -0.163. The number of hydrogen-bond donors (Lipinski definition) is 8. The summed E-state index contributed by atoms with van der Waals surface area (Å²) in [5.74, 6) is 0.231. The van der Waals surface area contributed by atoms with E-state index in [-0.39, 0.29) is 125 Å². The van der Waals surface area contributed by atoms with Gasteiger partial charge < -0.3 is 85.1 Å². The number of carbonyl (C=O) groups is 7. The van der Waals surface area contributed by atoms with Crippen LogP contribution in [-0.2, 0) is 67.3 Å². The lowest BCUT2D eigenvalue weighted by Gasteiger charge is -2.61. The van der Waals surface area contributed by atoms with E-state index in [1.165, 1.54) is 69.9 Å². The van der Waals surface area contributed by atoms with E-state index in [9.17, 15) is 58.4 Å². The molecule has 0 spiro atoms. The van der Waals surface area contributed by atoms with E-state index < -0.39 is 71.6 Å². The zero-order chi connectivity index (χ0) is 79.7. The fourth-order valence-electron chi connectivity index (χ4n) is 18.9. The second-order valence-electron chi connectivity index (χ2n) is 34.6. The number of piperazine rings is 1. The number of hydrogen-bond acceptors (Lipinski definition) is 20. The smallest absolute Gasteiger partial charge is 0.308 e. The molecule has 27 nitrogen and oxygen atoms in total. The van der Waals surface area contributed by atoms with Gasteiger partial charge in [-0.25, -0.2) is 13.9 Å². The van der Waals surface area contributed by atoms with Gasteiger partial charge in [0.1, 0.15) is 35.9 Å². The molecule has 28 heteroatoms. The van der Waals surface area contributed by atoms with Crippen LogP contribution >= 0.6 is 0 Å². The van der Waals surface area contributed by atoms with Gasteiger partial charge in [-0.1, -0.05) is 74.7 Å².